The maximum atomic E-state index is 10.9. The van der Waals surface area contributed by atoms with E-state index < -0.39 is 24.6 Å². The van der Waals surface area contributed by atoms with Gasteiger partial charge in [-0.1, -0.05) is 48.5 Å². The first-order valence-corrected chi connectivity index (χ1v) is 13.5. The predicted molar refractivity (Wildman–Crippen MR) is 153 cm³/mol. The zero-order valence-corrected chi connectivity index (χ0v) is 23.3. The van der Waals surface area contributed by atoms with Crippen LogP contribution in [0.3, 0.4) is 0 Å². The van der Waals surface area contributed by atoms with Gasteiger partial charge in [0.1, 0.15) is 5.75 Å². The van der Waals surface area contributed by atoms with Gasteiger partial charge in [-0.15, -0.1) is 0 Å². The molecule has 2 N–H and O–H groups in total. The standard InChI is InChI=1S/C31H38BNO5/c1-7-35-29(34)28-23(15-11-19-36-25-16-10-13-21-12-8-9-14-22(21)25)24-18-17-20(2)26(27(24)33-28)32-37-30(3,4)31(5,6)38-32/h8-10,12-14,16-18,29,33-34H,7,11,15,19H2,1-6H3. The summed E-state index contributed by atoms with van der Waals surface area (Å²) in [4.78, 5) is 3.50. The number of benzene rings is 3. The molecule has 0 aliphatic carbocycles. The summed E-state index contributed by atoms with van der Waals surface area (Å²) in [6.07, 6.45) is 0.450. The lowest BCUT2D eigenvalue weighted by Gasteiger charge is -2.32. The number of H-pyrrole nitrogens is 1. The third-order valence-electron chi connectivity index (χ3n) is 8.01. The minimum Gasteiger partial charge on any atom is -0.493 e. The molecule has 1 atom stereocenters. The smallest absolute Gasteiger partial charge is 0.493 e. The Labute approximate surface area is 225 Å². The SMILES string of the molecule is CCOC(O)c1[nH]c2c(B3OC(C)(C)C(C)(C)O3)c(C)ccc2c1CCCOc1cccc2ccccc12. The topological polar surface area (TPSA) is 72.9 Å². The lowest BCUT2D eigenvalue weighted by atomic mass is 9.75. The molecule has 1 unspecified atom stereocenters. The lowest BCUT2D eigenvalue weighted by molar-refractivity contribution is -0.101. The Balaban J connectivity index is 1.44. The zero-order valence-electron chi connectivity index (χ0n) is 23.3. The highest BCUT2D eigenvalue weighted by atomic mass is 16.7. The Morgan fingerprint density at radius 3 is 2.39 bits per heavy atom. The quantitative estimate of drug-likeness (QED) is 0.163. The summed E-state index contributed by atoms with van der Waals surface area (Å²) in [7, 11) is -0.512. The minimum absolute atomic E-state index is 0.406. The molecule has 1 aliphatic rings. The van der Waals surface area contributed by atoms with Crippen molar-refractivity contribution < 1.29 is 23.9 Å². The number of aromatic amines is 1. The van der Waals surface area contributed by atoms with Crippen molar-refractivity contribution in [3.8, 4) is 5.75 Å². The maximum absolute atomic E-state index is 10.9. The largest absolute Gasteiger partial charge is 0.497 e. The van der Waals surface area contributed by atoms with Gasteiger partial charge in [0.2, 0.25) is 0 Å². The van der Waals surface area contributed by atoms with Gasteiger partial charge in [-0.05, 0) is 77.0 Å². The summed E-state index contributed by atoms with van der Waals surface area (Å²) >= 11 is 0. The van der Waals surface area contributed by atoms with Crippen molar-refractivity contribution in [2.45, 2.75) is 71.9 Å². The molecule has 5 rings (SSSR count). The van der Waals surface area contributed by atoms with E-state index in [0.29, 0.717) is 18.9 Å². The molecule has 6 nitrogen and oxygen atoms in total. The summed E-state index contributed by atoms with van der Waals surface area (Å²) in [5, 5.41) is 14.2. The van der Waals surface area contributed by atoms with Crippen LogP contribution >= 0.6 is 0 Å². The van der Waals surface area contributed by atoms with Crippen molar-refractivity contribution >= 4 is 34.3 Å². The summed E-state index contributed by atoms with van der Waals surface area (Å²) in [5.41, 5.74) is 3.76. The number of hydrogen-bond donors (Lipinski definition) is 2. The first-order valence-electron chi connectivity index (χ1n) is 13.5. The Morgan fingerprint density at radius 1 is 0.947 bits per heavy atom. The van der Waals surface area contributed by atoms with E-state index in [0.717, 1.165) is 56.9 Å². The van der Waals surface area contributed by atoms with Gasteiger partial charge in [0.05, 0.1) is 23.5 Å². The van der Waals surface area contributed by atoms with Crippen LogP contribution in [0.5, 0.6) is 5.75 Å². The van der Waals surface area contributed by atoms with E-state index in [4.69, 9.17) is 18.8 Å². The molecule has 0 saturated carbocycles. The normalized spacial score (nSPS) is 17.4. The summed E-state index contributed by atoms with van der Waals surface area (Å²) in [5.74, 6) is 0.885. The number of aliphatic hydroxyl groups is 1. The third-order valence-corrected chi connectivity index (χ3v) is 8.01. The fourth-order valence-electron chi connectivity index (χ4n) is 5.20. The van der Waals surface area contributed by atoms with Crippen molar-refractivity contribution in [3.05, 3.63) is 71.4 Å². The molecule has 1 aliphatic heterocycles. The van der Waals surface area contributed by atoms with E-state index in [2.05, 4.69) is 69.9 Å². The number of aryl methyl sites for hydroxylation is 2. The number of fused-ring (bicyclic) bond motifs is 2. The van der Waals surface area contributed by atoms with Crippen LogP contribution in [0.25, 0.3) is 21.7 Å². The van der Waals surface area contributed by atoms with Crippen molar-refractivity contribution in [2.75, 3.05) is 13.2 Å². The molecule has 1 fully saturated rings. The molecule has 7 heteroatoms. The fraction of sp³-hybridized carbons (Fsp3) is 0.419. The van der Waals surface area contributed by atoms with Crippen LogP contribution in [0.4, 0.5) is 0 Å². The molecule has 4 aromatic rings. The van der Waals surface area contributed by atoms with Gasteiger partial charge in [-0.3, -0.25) is 0 Å². The van der Waals surface area contributed by atoms with Gasteiger partial charge >= 0.3 is 7.12 Å². The van der Waals surface area contributed by atoms with E-state index in [1.165, 1.54) is 0 Å². The van der Waals surface area contributed by atoms with Crippen LogP contribution < -0.4 is 10.2 Å². The Bertz CT molecular complexity index is 1420. The fourth-order valence-corrected chi connectivity index (χ4v) is 5.20. The molecule has 3 aromatic carbocycles. The monoisotopic (exact) mass is 515 g/mol. The molecule has 0 amide bonds. The number of rotatable bonds is 9. The second-order valence-corrected chi connectivity index (χ2v) is 11.1. The zero-order chi connectivity index (χ0) is 27.1. The van der Waals surface area contributed by atoms with Gasteiger partial charge in [-0.25, -0.2) is 0 Å². The maximum Gasteiger partial charge on any atom is 0.497 e. The second-order valence-electron chi connectivity index (χ2n) is 11.1. The van der Waals surface area contributed by atoms with Crippen molar-refractivity contribution in [1.82, 2.24) is 4.98 Å². The Kier molecular flexibility index (Phi) is 7.31. The average Bonchev–Trinajstić information content (AvgIpc) is 3.34. The lowest BCUT2D eigenvalue weighted by Crippen LogP contribution is -2.41. The van der Waals surface area contributed by atoms with E-state index in [1.54, 1.807) is 0 Å². The third kappa shape index (κ3) is 4.84. The molecule has 1 saturated heterocycles. The molecule has 38 heavy (non-hydrogen) atoms. The molecular weight excluding hydrogens is 477 g/mol. The van der Waals surface area contributed by atoms with Gasteiger partial charge in [-0.2, -0.15) is 0 Å². The summed E-state index contributed by atoms with van der Waals surface area (Å²) < 4.78 is 24.7. The first-order chi connectivity index (χ1) is 18.1. The van der Waals surface area contributed by atoms with Gasteiger partial charge in [0, 0.05) is 28.4 Å². The van der Waals surface area contributed by atoms with E-state index in [9.17, 15) is 5.11 Å². The van der Waals surface area contributed by atoms with Crippen LogP contribution in [0, 0.1) is 6.92 Å². The summed E-state index contributed by atoms with van der Waals surface area (Å²) in [6, 6.07) is 18.6. The highest BCUT2D eigenvalue weighted by Gasteiger charge is 2.52. The Morgan fingerprint density at radius 2 is 1.66 bits per heavy atom. The van der Waals surface area contributed by atoms with Crippen LogP contribution in [-0.4, -0.2) is 41.6 Å². The first kappa shape index (κ1) is 26.8. The number of ether oxygens (including phenoxy) is 2. The van der Waals surface area contributed by atoms with E-state index in [1.807, 2.05) is 31.2 Å². The minimum atomic E-state index is -1.05. The van der Waals surface area contributed by atoms with Gasteiger partial charge in [0.15, 0.2) is 6.29 Å². The second kappa shape index (κ2) is 10.4. The summed E-state index contributed by atoms with van der Waals surface area (Å²) in [6.45, 7) is 13.1. The number of hydrogen-bond acceptors (Lipinski definition) is 5. The van der Waals surface area contributed by atoms with E-state index >= 15 is 0 Å². The molecule has 0 spiro atoms. The molecular formula is C31H38BNO5. The van der Waals surface area contributed by atoms with Crippen LogP contribution in [0.2, 0.25) is 0 Å². The Hall–Kier alpha value is -2.84. The van der Waals surface area contributed by atoms with Crippen molar-refractivity contribution in [1.29, 1.82) is 0 Å². The molecule has 0 radical (unpaired) electrons. The van der Waals surface area contributed by atoms with Crippen molar-refractivity contribution in [3.63, 3.8) is 0 Å². The molecule has 200 valence electrons. The van der Waals surface area contributed by atoms with Gasteiger partial charge < -0.3 is 28.9 Å². The number of aliphatic hydroxyl groups excluding tert-OH is 1. The van der Waals surface area contributed by atoms with E-state index in [-0.39, 0.29) is 0 Å². The average molecular weight is 515 g/mol. The molecule has 2 heterocycles. The predicted octanol–water partition coefficient (Wildman–Crippen LogP) is 5.97. The highest BCUT2D eigenvalue weighted by molar-refractivity contribution is 6.65. The highest BCUT2D eigenvalue weighted by Crippen LogP contribution is 2.38. The van der Waals surface area contributed by atoms with Crippen LogP contribution in [-0.2, 0) is 20.5 Å². The van der Waals surface area contributed by atoms with Crippen molar-refractivity contribution in [2.24, 2.45) is 0 Å². The van der Waals surface area contributed by atoms with Crippen LogP contribution in [0.15, 0.2) is 54.6 Å². The molecule has 0 bridgehead atoms. The molecule has 1 aromatic heterocycles. The van der Waals surface area contributed by atoms with Gasteiger partial charge in [0.25, 0.3) is 0 Å². The number of aromatic nitrogens is 1. The van der Waals surface area contributed by atoms with Crippen LogP contribution in [0.1, 0.15) is 64.2 Å². The number of nitrogens with one attached hydrogen (secondary N) is 1.